The van der Waals surface area contributed by atoms with E-state index in [2.05, 4.69) is 9.44 Å². The molecule has 0 radical (unpaired) electrons. The van der Waals surface area contributed by atoms with E-state index >= 15 is 0 Å². The molecule has 0 atom stereocenters. The van der Waals surface area contributed by atoms with Crippen molar-refractivity contribution in [3.8, 4) is 5.75 Å². The third-order valence-electron chi connectivity index (χ3n) is 4.56. The molecule has 7 nitrogen and oxygen atoms in total. The molecule has 0 saturated heterocycles. The molecule has 0 aliphatic carbocycles. The van der Waals surface area contributed by atoms with Gasteiger partial charge in [0.2, 0.25) is 20.0 Å². The van der Waals surface area contributed by atoms with Crippen LogP contribution in [0, 0.1) is 11.6 Å². The van der Waals surface area contributed by atoms with Gasteiger partial charge in [0, 0.05) is 24.2 Å². The molecule has 0 spiro atoms. The predicted octanol–water partition coefficient (Wildman–Crippen LogP) is 2.93. The van der Waals surface area contributed by atoms with Gasteiger partial charge in [0.1, 0.15) is 22.3 Å². The summed E-state index contributed by atoms with van der Waals surface area (Å²) in [4.78, 5) is -0.800. The van der Waals surface area contributed by atoms with Gasteiger partial charge in [-0.2, -0.15) is 0 Å². The highest BCUT2D eigenvalue weighted by Gasteiger charge is 2.24. The number of nitrogens with one attached hydrogen (secondary N) is 2. The van der Waals surface area contributed by atoms with Crippen LogP contribution in [0.3, 0.4) is 0 Å². The quantitative estimate of drug-likeness (QED) is 0.488. The molecule has 0 fully saturated rings. The lowest BCUT2D eigenvalue weighted by Gasteiger charge is -2.13. The van der Waals surface area contributed by atoms with Crippen molar-refractivity contribution < 1.29 is 30.4 Å². The Morgan fingerprint density at radius 3 is 1.75 bits per heavy atom. The molecule has 2 N–H and O–H groups in total. The van der Waals surface area contributed by atoms with Crippen LogP contribution in [0.4, 0.5) is 8.78 Å². The molecule has 0 aliphatic heterocycles. The molecule has 32 heavy (non-hydrogen) atoms. The Morgan fingerprint density at radius 2 is 1.25 bits per heavy atom. The second kappa shape index (κ2) is 9.74. The third-order valence-corrected chi connectivity index (χ3v) is 7.38. The van der Waals surface area contributed by atoms with Gasteiger partial charge in [-0.05, 0) is 30.3 Å². The summed E-state index contributed by atoms with van der Waals surface area (Å²) in [5.74, 6) is -1.26. The van der Waals surface area contributed by atoms with E-state index in [0.29, 0.717) is 0 Å². The van der Waals surface area contributed by atoms with E-state index in [1.807, 2.05) is 0 Å². The van der Waals surface area contributed by atoms with Gasteiger partial charge in [0.05, 0.1) is 12.0 Å². The zero-order chi connectivity index (χ0) is 23.4. The maximum absolute atomic E-state index is 13.8. The topological polar surface area (TPSA) is 102 Å². The van der Waals surface area contributed by atoms with Crippen molar-refractivity contribution in [2.45, 2.75) is 22.9 Å². The van der Waals surface area contributed by atoms with Crippen LogP contribution >= 0.6 is 0 Å². The summed E-state index contributed by atoms with van der Waals surface area (Å²) in [5.41, 5.74) is 0.245. The lowest BCUT2D eigenvalue weighted by molar-refractivity contribution is 0.401. The fraction of sp³-hybridized carbons (Fsp3) is 0.143. The first-order valence-electron chi connectivity index (χ1n) is 9.28. The Labute approximate surface area is 185 Å². The SMILES string of the molecule is COc1ccc(S(=O)(=O)NCc2ccccc2F)cc1S(=O)(=O)NCc1ccccc1F. The van der Waals surface area contributed by atoms with E-state index in [9.17, 15) is 25.6 Å². The Hall–Kier alpha value is -2.86. The van der Waals surface area contributed by atoms with Crippen LogP contribution in [-0.2, 0) is 33.1 Å². The van der Waals surface area contributed by atoms with E-state index in [-0.39, 0.29) is 34.9 Å². The Bertz CT molecular complexity index is 1330. The van der Waals surface area contributed by atoms with Gasteiger partial charge >= 0.3 is 0 Å². The van der Waals surface area contributed by atoms with Crippen LogP contribution in [0.15, 0.2) is 76.5 Å². The maximum Gasteiger partial charge on any atom is 0.244 e. The van der Waals surface area contributed by atoms with Crippen molar-refractivity contribution in [2.75, 3.05) is 7.11 Å². The largest absolute Gasteiger partial charge is 0.495 e. The molecule has 0 saturated carbocycles. The second-order valence-electron chi connectivity index (χ2n) is 6.64. The van der Waals surface area contributed by atoms with Gasteiger partial charge in [-0.3, -0.25) is 0 Å². The molecule has 170 valence electrons. The van der Waals surface area contributed by atoms with Crippen LogP contribution in [0.5, 0.6) is 5.75 Å². The maximum atomic E-state index is 13.8. The first-order valence-corrected chi connectivity index (χ1v) is 12.2. The molecular formula is C21H20F2N2O5S2. The molecular weight excluding hydrogens is 462 g/mol. The summed E-state index contributed by atoms with van der Waals surface area (Å²) in [6.07, 6.45) is 0. The number of rotatable bonds is 9. The van der Waals surface area contributed by atoms with Crippen LogP contribution in [0.2, 0.25) is 0 Å². The molecule has 3 aromatic carbocycles. The molecule has 0 unspecified atom stereocenters. The highest BCUT2D eigenvalue weighted by atomic mass is 32.2. The molecule has 0 heterocycles. The standard InChI is InChI=1S/C21H20F2N2O5S2/c1-30-20-11-10-17(31(26,27)24-13-15-6-2-4-8-18(15)22)12-21(20)32(28,29)25-14-16-7-3-5-9-19(16)23/h2-12,24-25H,13-14H2,1H3. The molecule has 3 aromatic rings. The number of hydrogen-bond donors (Lipinski definition) is 2. The molecule has 0 amide bonds. The lowest BCUT2D eigenvalue weighted by Crippen LogP contribution is -2.26. The smallest absolute Gasteiger partial charge is 0.244 e. The van der Waals surface area contributed by atoms with Gasteiger partial charge in [-0.1, -0.05) is 36.4 Å². The number of benzene rings is 3. The summed E-state index contributed by atoms with van der Waals surface area (Å²) < 4.78 is 88.1. The molecule has 0 aliphatic rings. The number of halogens is 2. The van der Waals surface area contributed by atoms with E-state index in [4.69, 9.17) is 4.74 Å². The number of ether oxygens (including phenoxy) is 1. The van der Waals surface area contributed by atoms with Gasteiger partial charge in [0.15, 0.2) is 0 Å². The van der Waals surface area contributed by atoms with Crippen molar-refractivity contribution in [2.24, 2.45) is 0 Å². The average molecular weight is 483 g/mol. The lowest BCUT2D eigenvalue weighted by atomic mass is 10.2. The average Bonchev–Trinajstić information content (AvgIpc) is 2.77. The molecule has 0 aromatic heterocycles. The zero-order valence-corrected chi connectivity index (χ0v) is 18.5. The van der Waals surface area contributed by atoms with Gasteiger partial charge in [-0.25, -0.2) is 35.1 Å². The summed E-state index contributed by atoms with van der Waals surface area (Å²) in [6.45, 7) is -0.671. The first-order chi connectivity index (χ1) is 15.1. The minimum absolute atomic E-state index is 0.0981. The zero-order valence-electron chi connectivity index (χ0n) is 16.9. The predicted molar refractivity (Wildman–Crippen MR) is 114 cm³/mol. The highest BCUT2D eigenvalue weighted by Crippen LogP contribution is 2.27. The number of methoxy groups -OCH3 is 1. The van der Waals surface area contributed by atoms with Gasteiger partial charge in [0.25, 0.3) is 0 Å². The van der Waals surface area contributed by atoms with Crippen LogP contribution < -0.4 is 14.2 Å². The summed E-state index contributed by atoms with van der Waals surface area (Å²) in [7, 11) is -7.22. The second-order valence-corrected chi connectivity index (χ2v) is 10.1. The van der Waals surface area contributed by atoms with Crippen LogP contribution in [-0.4, -0.2) is 23.9 Å². The summed E-state index contributed by atoms with van der Waals surface area (Å²) in [6, 6.07) is 14.6. The van der Waals surface area contributed by atoms with Crippen molar-refractivity contribution in [3.05, 3.63) is 89.5 Å². The monoisotopic (exact) mass is 482 g/mol. The minimum Gasteiger partial charge on any atom is -0.495 e. The third kappa shape index (κ3) is 5.49. The molecule has 3 rings (SSSR count). The fourth-order valence-electron chi connectivity index (χ4n) is 2.82. The molecule has 11 heteroatoms. The normalized spacial score (nSPS) is 12.0. The van der Waals surface area contributed by atoms with Crippen LogP contribution in [0.1, 0.15) is 11.1 Å². The van der Waals surface area contributed by atoms with E-state index in [1.54, 1.807) is 12.1 Å². The minimum atomic E-state index is -4.27. The first kappa shape index (κ1) is 23.8. The Kier molecular flexibility index (Phi) is 7.24. The van der Waals surface area contributed by atoms with Crippen LogP contribution in [0.25, 0.3) is 0 Å². The molecule has 0 bridgehead atoms. The number of sulfonamides is 2. The van der Waals surface area contributed by atoms with E-state index in [0.717, 1.165) is 6.07 Å². The van der Waals surface area contributed by atoms with E-state index in [1.165, 1.54) is 55.6 Å². The van der Waals surface area contributed by atoms with E-state index < -0.39 is 36.6 Å². The summed E-state index contributed by atoms with van der Waals surface area (Å²) >= 11 is 0. The van der Waals surface area contributed by atoms with Crippen molar-refractivity contribution in [1.29, 1.82) is 0 Å². The Balaban J connectivity index is 1.87. The van der Waals surface area contributed by atoms with Crippen molar-refractivity contribution >= 4 is 20.0 Å². The fourth-order valence-corrected chi connectivity index (χ4v) is 5.13. The van der Waals surface area contributed by atoms with Gasteiger partial charge in [-0.15, -0.1) is 0 Å². The highest BCUT2D eigenvalue weighted by molar-refractivity contribution is 7.90. The summed E-state index contributed by atoms with van der Waals surface area (Å²) in [5, 5.41) is 0. The number of hydrogen-bond acceptors (Lipinski definition) is 5. The van der Waals surface area contributed by atoms with Gasteiger partial charge < -0.3 is 4.74 Å². The van der Waals surface area contributed by atoms with Crippen molar-refractivity contribution in [3.63, 3.8) is 0 Å². The van der Waals surface area contributed by atoms with Crippen molar-refractivity contribution in [1.82, 2.24) is 9.44 Å². The Morgan fingerprint density at radius 1 is 0.750 bits per heavy atom.